The molecule has 0 aromatic carbocycles. The Kier molecular flexibility index (Phi) is 7.76. The molecule has 17 heavy (non-hydrogen) atoms. The summed E-state index contributed by atoms with van der Waals surface area (Å²) in [6.45, 7) is 6.23. The van der Waals surface area contributed by atoms with E-state index in [2.05, 4.69) is 25.6 Å². The molecule has 1 saturated heterocycles. The molecule has 98 valence electrons. The molecule has 0 aliphatic carbocycles. The molecule has 1 N–H and O–H groups in total. The van der Waals surface area contributed by atoms with E-state index in [1.165, 1.54) is 12.8 Å². The Labute approximate surface area is 107 Å². The summed E-state index contributed by atoms with van der Waals surface area (Å²) in [7, 11) is 0.868. The number of rotatable bonds is 7. The van der Waals surface area contributed by atoms with E-state index < -0.39 is 6.10 Å². The molecule has 2 radical (unpaired) electrons. The third-order valence-corrected chi connectivity index (χ3v) is 4.80. The molecule has 0 bridgehead atoms. The highest BCUT2D eigenvalue weighted by atomic mass is 28.2. The third-order valence-electron chi connectivity index (χ3n) is 3.08. The minimum atomic E-state index is -0.432. The number of aliphatic hydroxyl groups excluding tert-OH is 1. The fourth-order valence-corrected chi connectivity index (χ4v) is 2.83. The Morgan fingerprint density at radius 3 is 2.71 bits per heavy atom. The van der Waals surface area contributed by atoms with Crippen molar-refractivity contribution in [3.05, 3.63) is 11.8 Å². The lowest BCUT2D eigenvalue weighted by molar-refractivity contribution is -0.131. The van der Waals surface area contributed by atoms with Crippen LogP contribution in [-0.4, -0.2) is 46.7 Å². The predicted molar refractivity (Wildman–Crippen MR) is 70.4 cm³/mol. The maximum absolute atomic E-state index is 9.90. The van der Waals surface area contributed by atoms with E-state index >= 15 is 0 Å². The fraction of sp³-hybridized carbons (Fsp3) is 0.846. The largest absolute Gasteiger partial charge is 0.390 e. The van der Waals surface area contributed by atoms with Gasteiger partial charge in [-0.3, -0.25) is 0 Å². The van der Waals surface area contributed by atoms with Crippen LogP contribution in [0.5, 0.6) is 0 Å². The fourth-order valence-electron chi connectivity index (χ4n) is 1.82. The maximum Gasteiger partial charge on any atom is 0.107 e. The maximum atomic E-state index is 9.90. The van der Waals surface area contributed by atoms with Gasteiger partial charge < -0.3 is 14.6 Å². The molecule has 1 heterocycles. The van der Waals surface area contributed by atoms with Crippen molar-refractivity contribution >= 4 is 9.52 Å². The smallest absolute Gasteiger partial charge is 0.107 e. The van der Waals surface area contributed by atoms with E-state index in [9.17, 15) is 5.11 Å². The van der Waals surface area contributed by atoms with Crippen molar-refractivity contribution in [2.24, 2.45) is 0 Å². The second-order valence-electron chi connectivity index (χ2n) is 4.37. The molecule has 0 spiro atoms. The molecule has 1 rings (SSSR count). The van der Waals surface area contributed by atoms with E-state index in [0.29, 0.717) is 26.2 Å². The van der Waals surface area contributed by atoms with Crippen molar-refractivity contribution < 1.29 is 14.6 Å². The first-order chi connectivity index (χ1) is 8.27. The number of hydrogen-bond acceptors (Lipinski definition) is 3. The normalized spacial score (nSPS) is 23.4. The summed E-state index contributed by atoms with van der Waals surface area (Å²) >= 11 is 0. The van der Waals surface area contributed by atoms with Crippen LogP contribution in [0, 0.1) is 0 Å². The van der Waals surface area contributed by atoms with Crippen LogP contribution in [0.25, 0.3) is 0 Å². The molecular formula is C13H24O3Si. The Hall–Kier alpha value is -0.163. The topological polar surface area (TPSA) is 38.7 Å². The first-order valence-corrected chi connectivity index (χ1v) is 7.71. The second kappa shape index (κ2) is 8.86. The lowest BCUT2D eigenvalue weighted by Gasteiger charge is -2.26. The zero-order valence-electron chi connectivity index (χ0n) is 10.9. The van der Waals surface area contributed by atoms with Crippen molar-refractivity contribution in [2.45, 2.75) is 50.9 Å². The number of ether oxygens (including phenoxy) is 2. The van der Waals surface area contributed by atoms with Gasteiger partial charge in [-0.05, 0) is 12.0 Å². The predicted octanol–water partition coefficient (Wildman–Crippen LogP) is 1.98. The highest BCUT2D eigenvalue weighted by molar-refractivity contribution is 6.43. The third kappa shape index (κ3) is 5.81. The van der Waals surface area contributed by atoms with Gasteiger partial charge in [0.25, 0.3) is 0 Å². The van der Waals surface area contributed by atoms with Gasteiger partial charge in [-0.15, -0.1) is 5.70 Å². The van der Waals surface area contributed by atoms with Crippen LogP contribution in [0.15, 0.2) is 11.8 Å². The monoisotopic (exact) mass is 256 g/mol. The zero-order valence-corrected chi connectivity index (χ0v) is 11.9. The van der Waals surface area contributed by atoms with E-state index in [0.717, 1.165) is 15.1 Å². The van der Waals surface area contributed by atoms with Gasteiger partial charge in [-0.2, -0.15) is 0 Å². The van der Waals surface area contributed by atoms with Gasteiger partial charge in [0.1, 0.15) is 6.10 Å². The van der Waals surface area contributed by atoms with Gasteiger partial charge in [0.05, 0.1) is 35.4 Å². The summed E-state index contributed by atoms with van der Waals surface area (Å²) in [6.07, 6.45) is 4.64. The minimum Gasteiger partial charge on any atom is -0.390 e. The summed E-state index contributed by atoms with van der Waals surface area (Å²) in [6, 6.07) is 0. The molecule has 0 aromatic heterocycles. The Morgan fingerprint density at radius 1 is 1.35 bits per heavy atom. The van der Waals surface area contributed by atoms with Crippen molar-refractivity contribution in [2.75, 3.05) is 19.8 Å². The van der Waals surface area contributed by atoms with Gasteiger partial charge in [0.15, 0.2) is 0 Å². The molecule has 2 unspecified atom stereocenters. The van der Waals surface area contributed by atoms with Crippen LogP contribution >= 0.6 is 0 Å². The van der Waals surface area contributed by atoms with Gasteiger partial charge >= 0.3 is 0 Å². The number of hydrogen-bond donors (Lipinski definition) is 1. The summed E-state index contributed by atoms with van der Waals surface area (Å²) in [5.74, 6) is 0. The van der Waals surface area contributed by atoms with E-state index in [1.54, 1.807) is 0 Å². The average molecular weight is 256 g/mol. The molecule has 0 amide bonds. The first kappa shape index (κ1) is 14.9. The molecule has 3 nitrogen and oxygen atoms in total. The van der Waals surface area contributed by atoms with Gasteiger partial charge in [0.2, 0.25) is 0 Å². The summed E-state index contributed by atoms with van der Waals surface area (Å²) in [5, 5.41) is 9.90. The molecule has 1 aliphatic heterocycles. The first-order valence-electron chi connectivity index (χ1n) is 6.56. The van der Waals surface area contributed by atoms with E-state index in [1.807, 2.05) is 0 Å². The zero-order chi connectivity index (χ0) is 12.5. The quantitative estimate of drug-likeness (QED) is 0.708. The SMILES string of the molecule is CCC(CC)[Si]/C=C/CC(O)C1COCCO1. The van der Waals surface area contributed by atoms with E-state index in [4.69, 9.17) is 9.47 Å². The van der Waals surface area contributed by atoms with Gasteiger partial charge in [-0.25, -0.2) is 0 Å². The number of aliphatic hydroxyl groups is 1. The van der Waals surface area contributed by atoms with E-state index in [-0.39, 0.29) is 6.10 Å². The van der Waals surface area contributed by atoms with Crippen LogP contribution in [0.4, 0.5) is 0 Å². The lowest BCUT2D eigenvalue weighted by Crippen LogP contribution is -2.38. The summed E-state index contributed by atoms with van der Waals surface area (Å²) in [4.78, 5) is 0. The molecule has 0 aromatic rings. The average Bonchev–Trinajstić information content (AvgIpc) is 2.40. The Morgan fingerprint density at radius 2 is 2.12 bits per heavy atom. The standard InChI is InChI=1S/C13H24O3Si/c1-3-11(4-2)17-9-5-6-12(14)13-10-15-7-8-16-13/h5,9,11-14H,3-4,6-8,10H2,1-2H3/b9-5+. The van der Waals surface area contributed by atoms with Crippen molar-refractivity contribution in [3.8, 4) is 0 Å². The molecular weight excluding hydrogens is 232 g/mol. The molecule has 0 saturated carbocycles. The van der Waals surface area contributed by atoms with Crippen LogP contribution in [-0.2, 0) is 9.47 Å². The molecule has 1 aliphatic rings. The molecule has 4 heteroatoms. The molecule has 2 atom stereocenters. The van der Waals surface area contributed by atoms with Crippen LogP contribution < -0.4 is 0 Å². The highest BCUT2D eigenvalue weighted by Gasteiger charge is 2.21. The summed E-state index contributed by atoms with van der Waals surface area (Å²) < 4.78 is 10.7. The van der Waals surface area contributed by atoms with Crippen molar-refractivity contribution in [1.29, 1.82) is 0 Å². The van der Waals surface area contributed by atoms with Crippen LogP contribution in [0.2, 0.25) is 5.54 Å². The molecule has 1 fully saturated rings. The Balaban J connectivity index is 2.17. The van der Waals surface area contributed by atoms with Crippen LogP contribution in [0.3, 0.4) is 0 Å². The van der Waals surface area contributed by atoms with Gasteiger partial charge in [0, 0.05) is 0 Å². The lowest BCUT2D eigenvalue weighted by atomic mass is 10.1. The second-order valence-corrected chi connectivity index (χ2v) is 5.85. The Bertz CT molecular complexity index is 211. The van der Waals surface area contributed by atoms with Crippen LogP contribution in [0.1, 0.15) is 33.1 Å². The minimum absolute atomic E-state index is 0.148. The highest BCUT2D eigenvalue weighted by Crippen LogP contribution is 2.14. The van der Waals surface area contributed by atoms with Crippen molar-refractivity contribution in [1.82, 2.24) is 0 Å². The summed E-state index contributed by atoms with van der Waals surface area (Å²) in [5.41, 5.74) is 3.02. The van der Waals surface area contributed by atoms with Crippen molar-refractivity contribution in [3.63, 3.8) is 0 Å². The van der Waals surface area contributed by atoms with Gasteiger partial charge in [-0.1, -0.05) is 32.8 Å².